The van der Waals surface area contributed by atoms with E-state index in [2.05, 4.69) is 10.4 Å². The van der Waals surface area contributed by atoms with Gasteiger partial charge >= 0.3 is 5.97 Å². The summed E-state index contributed by atoms with van der Waals surface area (Å²) in [4.78, 5) is 25.2. The second-order valence-electron chi connectivity index (χ2n) is 6.52. The number of nitrogens with zero attached hydrogens (tertiary/aromatic N) is 2. The lowest BCUT2D eigenvalue weighted by atomic mass is 10.1. The third kappa shape index (κ3) is 4.47. The van der Waals surface area contributed by atoms with Crippen LogP contribution in [-0.4, -0.2) is 21.7 Å². The van der Waals surface area contributed by atoms with Gasteiger partial charge < -0.3 is 14.5 Å². The lowest BCUT2D eigenvalue weighted by Gasteiger charge is -2.17. The van der Waals surface area contributed by atoms with Crippen LogP contribution in [0.4, 0.5) is 0 Å². The van der Waals surface area contributed by atoms with Crippen LogP contribution in [-0.2, 0) is 16.1 Å². The lowest BCUT2D eigenvalue weighted by Crippen LogP contribution is -2.34. The third-order valence-electron chi connectivity index (χ3n) is 4.48. The molecule has 1 atom stereocenters. The summed E-state index contributed by atoms with van der Waals surface area (Å²) in [6.45, 7) is 0.0815. The Labute approximate surface area is 172 Å². The van der Waals surface area contributed by atoms with Gasteiger partial charge in [-0.3, -0.25) is 4.79 Å². The van der Waals surface area contributed by atoms with Gasteiger partial charge in [0, 0.05) is 12.4 Å². The first-order chi connectivity index (χ1) is 14.7. The van der Waals surface area contributed by atoms with E-state index in [1.54, 1.807) is 41.2 Å². The summed E-state index contributed by atoms with van der Waals surface area (Å²) in [5, 5.41) is 6.86. The number of furan rings is 1. The first-order valence-electron chi connectivity index (χ1n) is 9.35. The summed E-state index contributed by atoms with van der Waals surface area (Å²) in [6, 6.07) is 20.5. The van der Waals surface area contributed by atoms with E-state index in [9.17, 15) is 9.59 Å². The first-order valence-corrected chi connectivity index (χ1v) is 9.35. The zero-order valence-electron chi connectivity index (χ0n) is 16.0. The van der Waals surface area contributed by atoms with E-state index in [0.717, 1.165) is 11.3 Å². The highest BCUT2D eigenvalue weighted by molar-refractivity contribution is 5.94. The van der Waals surface area contributed by atoms with Gasteiger partial charge in [-0.25, -0.2) is 9.48 Å². The lowest BCUT2D eigenvalue weighted by molar-refractivity contribution is -0.147. The van der Waals surface area contributed by atoms with Crippen LogP contribution in [0.5, 0.6) is 0 Å². The number of hydrogen-bond acceptors (Lipinski definition) is 5. The highest BCUT2D eigenvalue weighted by atomic mass is 16.5. The van der Waals surface area contributed by atoms with Crippen molar-refractivity contribution in [1.29, 1.82) is 0 Å². The molecule has 0 saturated carbocycles. The number of esters is 1. The van der Waals surface area contributed by atoms with E-state index >= 15 is 0 Å². The molecular weight excluding hydrogens is 382 g/mol. The molecule has 0 aliphatic carbocycles. The van der Waals surface area contributed by atoms with Crippen LogP contribution in [0, 0.1) is 0 Å². The number of benzene rings is 2. The van der Waals surface area contributed by atoms with Crippen molar-refractivity contribution in [3.05, 3.63) is 108 Å². The van der Waals surface area contributed by atoms with Crippen LogP contribution >= 0.6 is 0 Å². The van der Waals surface area contributed by atoms with Crippen molar-refractivity contribution in [2.45, 2.75) is 12.6 Å². The number of nitrogens with one attached hydrogen (secondary N) is 1. The number of ether oxygens (including phenoxy) is 1. The van der Waals surface area contributed by atoms with Crippen LogP contribution in [0.2, 0.25) is 0 Å². The Balaban J connectivity index is 1.44. The Kier molecular flexibility index (Phi) is 5.70. The highest BCUT2D eigenvalue weighted by Crippen LogP contribution is 2.17. The molecule has 0 aliphatic heterocycles. The Morgan fingerprint density at radius 2 is 1.80 bits per heavy atom. The van der Waals surface area contributed by atoms with Crippen LogP contribution in [0.3, 0.4) is 0 Å². The minimum atomic E-state index is -0.952. The third-order valence-corrected chi connectivity index (χ3v) is 4.48. The summed E-state index contributed by atoms with van der Waals surface area (Å²) >= 11 is 0. The van der Waals surface area contributed by atoms with Crippen molar-refractivity contribution >= 4 is 11.9 Å². The van der Waals surface area contributed by atoms with Crippen molar-refractivity contribution in [2.75, 3.05) is 0 Å². The van der Waals surface area contributed by atoms with Crippen LogP contribution in [0.1, 0.15) is 27.7 Å². The molecule has 1 unspecified atom stereocenters. The topological polar surface area (TPSA) is 86.4 Å². The summed E-state index contributed by atoms with van der Waals surface area (Å²) in [7, 11) is 0. The van der Waals surface area contributed by atoms with Gasteiger partial charge in [0.15, 0.2) is 11.8 Å². The van der Waals surface area contributed by atoms with Crippen molar-refractivity contribution in [1.82, 2.24) is 15.1 Å². The van der Waals surface area contributed by atoms with E-state index in [4.69, 9.17) is 9.15 Å². The zero-order chi connectivity index (χ0) is 20.8. The van der Waals surface area contributed by atoms with Crippen molar-refractivity contribution in [2.24, 2.45) is 0 Å². The SMILES string of the molecule is O=C(NC(C(=O)OCc1ccc(-n2cccn2)cc1)c1ccccc1)c1ccco1. The second kappa shape index (κ2) is 8.91. The van der Waals surface area contributed by atoms with Gasteiger partial charge in [-0.15, -0.1) is 0 Å². The molecule has 0 aliphatic rings. The first kappa shape index (κ1) is 19.2. The predicted octanol–water partition coefficient (Wildman–Crippen LogP) is 3.68. The van der Waals surface area contributed by atoms with Crippen LogP contribution < -0.4 is 5.32 Å². The molecule has 0 bridgehead atoms. The maximum Gasteiger partial charge on any atom is 0.333 e. The molecule has 2 aromatic heterocycles. The maximum absolute atomic E-state index is 12.8. The Bertz CT molecular complexity index is 1090. The summed E-state index contributed by atoms with van der Waals surface area (Å²) in [5.41, 5.74) is 2.35. The van der Waals surface area contributed by atoms with Gasteiger partial charge in [-0.05, 0) is 41.5 Å². The Hall–Kier alpha value is -4.13. The van der Waals surface area contributed by atoms with Gasteiger partial charge in [0.2, 0.25) is 0 Å². The molecule has 0 fully saturated rings. The largest absolute Gasteiger partial charge is 0.459 e. The minimum absolute atomic E-state index is 0.0815. The molecule has 2 heterocycles. The molecule has 0 radical (unpaired) electrons. The van der Waals surface area contributed by atoms with E-state index in [-0.39, 0.29) is 12.4 Å². The van der Waals surface area contributed by atoms with Gasteiger partial charge in [0.25, 0.3) is 5.91 Å². The monoisotopic (exact) mass is 401 g/mol. The molecule has 1 amide bonds. The average Bonchev–Trinajstić information content (AvgIpc) is 3.51. The summed E-state index contributed by atoms with van der Waals surface area (Å²) in [6.07, 6.45) is 4.95. The van der Waals surface area contributed by atoms with E-state index in [0.29, 0.717) is 5.56 Å². The number of amides is 1. The molecule has 30 heavy (non-hydrogen) atoms. The molecule has 2 aromatic carbocycles. The molecular formula is C23H19N3O4. The second-order valence-corrected chi connectivity index (χ2v) is 6.52. The van der Waals surface area contributed by atoms with E-state index in [1.807, 2.05) is 42.6 Å². The van der Waals surface area contributed by atoms with Gasteiger partial charge in [-0.1, -0.05) is 42.5 Å². The standard InChI is InChI=1S/C23H19N3O4/c27-22(20-8-4-15-29-20)25-21(18-6-2-1-3-7-18)23(28)30-16-17-9-11-19(12-10-17)26-14-5-13-24-26/h1-15,21H,16H2,(H,25,27). The molecule has 1 N–H and O–H groups in total. The molecule has 7 heteroatoms. The predicted molar refractivity (Wildman–Crippen MR) is 109 cm³/mol. The van der Waals surface area contributed by atoms with E-state index in [1.165, 1.54) is 12.3 Å². The fourth-order valence-electron chi connectivity index (χ4n) is 2.94. The van der Waals surface area contributed by atoms with Crippen molar-refractivity contribution < 1.29 is 18.7 Å². The van der Waals surface area contributed by atoms with Crippen LogP contribution in [0.25, 0.3) is 5.69 Å². The number of carbonyl (C=O) groups is 2. The number of rotatable bonds is 7. The number of aromatic nitrogens is 2. The molecule has 4 aromatic rings. The summed E-state index contributed by atoms with van der Waals surface area (Å²) < 4.78 is 12.3. The Morgan fingerprint density at radius 3 is 2.47 bits per heavy atom. The fourth-order valence-corrected chi connectivity index (χ4v) is 2.94. The number of carbonyl (C=O) groups excluding carboxylic acids is 2. The van der Waals surface area contributed by atoms with Gasteiger partial charge in [0.05, 0.1) is 12.0 Å². The maximum atomic E-state index is 12.8. The van der Waals surface area contributed by atoms with Crippen molar-refractivity contribution in [3.63, 3.8) is 0 Å². The Morgan fingerprint density at radius 1 is 1.00 bits per heavy atom. The van der Waals surface area contributed by atoms with Gasteiger partial charge in [0.1, 0.15) is 6.61 Å². The van der Waals surface area contributed by atoms with Gasteiger partial charge in [-0.2, -0.15) is 5.10 Å². The molecule has 7 nitrogen and oxygen atoms in total. The molecule has 150 valence electrons. The normalized spacial score (nSPS) is 11.6. The van der Waals surface area contributed by atoms with Crippen molar-refractivity contribution in [3.8, 4) is 5.69 Å². The average molecular weight is 401 g/mol. The fraction of sp³-hybridized carbons (Fsp3) is 0.0870. The zero-order valence-corrected chi connectivity index (χ0v) is 16.0. The molecule has 0 spiro atoms. The smallest absolute Gasteiger partial charge is 0.333 e. The quantitative estimate of drug-likeness (QED) is 0.478. The number of hydrogen-bond donors (Lipinski definition) is 1. The van der Waals surface area contributed by atoms with E-state index < -0.39 is 17.9 Å². The minimum Gasteiger partial charge on any atom is -0.459 e. The highest BCUT2D eigenvalue weighted by Gasteiger charge is 2.25. The van der Waals surface area contributed by atoms with Crippen LogP contribution in [0.15, 0.2) is 95.9 Å². The molecule has 4 rings (SSSR count). The molecule has 0 saturated heterocycles. The summed E-state index contributed by atoms with van der Waals surface area (Å²) in [5.74, 6) is -0.926.